The molecular formula is C63H96O6. The fraction of sp³-hybridized carbons (Fsp3) is 0.540. The van der Waals surface area contributed by atoms with E-state index in [9.17, 15) is 14.4 Å². The van der Waals surface area contributed by atoms with Gasteiger partial charge < -0.3 is 14.2 Å². The molecule has 0 amide bonds. The summed E-state index contributed by atoms with van der Waals surface area (Å²) < 4.78 is 16.7. The zero-order chi connectivity index (χ0) is 50.0. The Morgan fingerprint density at radius 2 is 0.536 bits per heavy atom. The van der Waals surface area contributed by atoms with Gasteiger partial charge in [0.25, 0.3) is 0 Å². The Balaban J connectivity index is 4.61. The predicted octanol–water partition coefficient (Wildman–Crippen LogP) is 18.2. The van der Waals surface area contributed by atoms with E-state index in [1.807, 2.05) is 0 Å². The van der Waals surface area contributed by atoms with E-state index in [4.69, 9.17) is 14.2 Å². The molecule has 384 valence electrons. The molecule has 0 aliphatic heterocycles. The van der Waals surface area contributed by atoms with Crippen LogP contribution >= 0.6 is 0 Å². The normalized spacial score (nSPS) is 13.4. The smallest absolute Gasteiger partial charge is 0.306 e. The lowest BCUT2D eigenvalue weighted by atomic mass is 10.1. The van der Waals surface area contributed by atoms with E-state index in [1.165, 1.54) is 0 Å². The van der Waals surface area contributed by atoms with Crippen LogP contribution in [0.25, 0.3) is 0 Å². The Labute approximate surface area is 422 Å². The molecule has 0 aromatic carbocycles. The molecule has 69 heavy (non-hydrogen) atoms. The topological polar surface area (TPSA) is 78.9 Å². The molecule has 6 nitrogen and oxygen atoms in total. The van der Waals surface area contributed by atoms with E-state index in [-0.39, 0.29) is 44.0 Å². The highest BCUT2D eigenvalue weighted by molar-refractivity contribution is 5.71. The first-order valence-electron chi connectivity index (χ1n) is 27.0. The molecule has 0 saturated heterocycles. The van der Waals surface area contributed by atoms with Crippen molar-refractivity contribution in [1.29, 1.82) is 0 Å². The van der Waals surface area contributed by atoms with Gasteiger partial charge in [0.1, 0.15) is 13.2 Å². The Hall–Kier alpha value is -4.97. The predicted molar refractivity (Wildman–Crippen MR) is 297 cm³/mol. The van der Waals surface area contributed by atoms with Gasteiger partial charge >= 0.3 is 17.9 Å². The molecule has 0 aromatic rings. The van der Waals surface area contributed by atoms with Gasteiger partial charge in [0.15, 0.2) is 6.10 Å². The maximum absolute atomic E-state index is 12.8. The minimum Gasteiger partial charge on any atom is -0.462 e. The average Bonchev–Trinajstić information content (AvgIpc) is 3.35. The van der Waals surface area contributed by atoms with Crippen LogP contribution in [0.1, 0.15) is 201 Å². The van der Waals surface area contributed by atoms with Crippen LogP contribution in [-0.2, 0) is 28.6 Å². The summed E-state index contributed by atoms with van der Waals surface area (Å²) in [5.41, 5.74) is 0. The first kappa shape index (κ1) is 64.0. The first-order chi connectivity index (χ1) is 34.0. The van der Waals surface area contributed by atoms with Crippen LogP contribution in [0.2, 0.25) is 0 Å². The highest BCUT2D eigenvalue weighted by Gasteiger charge is 2.19. The van der Waals surface area contributed by atoms with Crippen molar-refractivity contribution in [3.8, 4) is 0 Å². The number of hydrogen-bond donors (Lipinski definition) is 0. The summed E-state index contributed by atoms with van der Waals surface area (Å²) in [6, 6.07) is 0. The molecule has 1 atom stereocenters. The second-order valence-electron chi connectivity index (χ2n) is 17.0. The van der Waals surface area contributed by atoms with Crippen LogP contribution in [0.3, 0.4) is 0 Å². The number of rotatable bonds is 46. The summed E-state index contributed by atoms with van der Waals surface area (Å²) in [6.45, 7) is 6.18. The van der Waals surface area contributed by atoms with Gasteiger partial charge in [0, 0.05) is 19.3 Å². The Morgan fingerprint density at radius 3 is 0.855 bits per heavy atom. The van der Waals surface area contributed by atoms with Gasteiger partial charge in [0.2, 0.25) is 0 Å². The summed E-state index contributed by atoms with van der Waals surface area (Å²) in [7, 11) is 0. The van der Waals surface area contributed by atoms with Crippen molar-refractivity contribution >= 4 is 17.9 Å². The van der Waals surface area contributed by atoms with Gasteiger partial charge in [0.05, 0.1) is 0 Å². The van der Waals surface area contributed by atoms with Crippen molar-refractivity contribution in [2.45, 2.75) is 207 Å². The summed E-state index contributed by atoms with van der Waals surface area (Å²) >= 11 is 0. The third-order valence-corrected chi connectivity index (χ3v) is 10.5. The van der Waals surface area contributed by atoms with Crippen LogP contribution in [0, 0.1) is 0 Å². The van der Waals surface area contributed by atoms with Crippen LogP contribution in [0.4, 0.5) is 0 Å². The molecule has 0 bridgehead atoms. The maximum atomic E-state index is 12.8. The fourth-order valence-electron chi connectivity index (χ4n) is 6.58. The lowest BCUT2D eigenvalue weighted by molar-refractivity contribution is -0.167. The first-order valence-corrected chi connectivity index (χ1v) is 27.0. The molecule has 0 aromatic heterocycles. The largest absolute Gasteiger partial charge is 0.462 e. The van der Waals surface area contributed by atoms with Gasteiger partial charge in [-0.05, 0) is 135 Å². The number of ether oxygens (including phenoxy) is 3. The van der Waals surface area contributed by atoms with E-state index < -0.39 is 6.10 Å². The summed E-state index contributed by atoms with van der Waals surface area (Å²) in [5, 5.41) is 0. The highest BCUT2D eigenvalue weighted by Crippen LogP contribution is 2.11. The van der Waals surface area contributed by atoms with Gasteiger partial charge in [-0.3, -0.25) is 14.4 Å². The van der Waals surface area contributed by atoms with E-state index >= 15 is 0 Å². The molecule has 0 N–H and O–H groups in total. The SMILES string of the molecule is CC/C=C\C/C=C\C/C=C\C/C=C\C/C=C\CCCC(=O)OC[C@H](COC(=O)CCCCCC/C=C\C/C=C\C/C=C\C/C=C\CC)OC(=O)CCCCCC/C=C\C/C=C\C/C=C\C/C=C\CC. The number of hydrogen-bond acceptors (Lipinski definition) is 6. The molecule has 0 saturated carbocycles. The van der Waals surface area contributed by atoms with Crippen LogP contribution in [-0.4, -0.2) is 37.2 Å². The third-order valence-electron chi connectivity index (χ3n) is 10.5. The van der Waals surface area contributed by atoms with Gasteiger partial charge in [-0.25, -0.2) is 0 Å². The molecular weight excluding hydrogens is 853 g/mol. The molecule has 0 spiro atoms. The molecule has 0 unspecified atom stereocenters. The van der Waals surface area contributed by atoms with Crippen molar-refractivity contribution in [2.75, 3.05) is 13.2 Å². The summed E-state index contributed by atoms with van der Waals surface area (Å²) in [5.74, 6) is -1.04. The van der Waals surface area contributed by atoms with Gasteiger partial charge in [-0.2, -0.15) is 0 Å². The average molecular weight is 949 g/mol. The minimum absolute atomic E-state index is 0.126. The monoisotopic (exact) mass is 949 g/mol. The molecule has 6 heteroatoms. The summed E-state index contributed by atoms with van der Waals surface area (Å²) in [6.07, 6.45) is 80.9. The van der Waals surface area contributed by atoms with E-state index in [2.05, 4.69) is 179 Å². The Kier molecular flexibility index (Phi) is 51.6. The lowest BCUT2D eigenvalue weighted by Gasteiger charge is -2.18. The second kappa shape index (κ2) is 55.6. The Bertz CT molecular complexity index is 1610. The van der Waals surface area contributed by atoms with Gasteiger partial charge in [-0.15, -0.1) is 0 Å². The molecule has 0 aliphatic carbocycles. The lowest BCUT2D eigenvalue weighted by Crippen LogP contribution is -2.30. The van der Waals surface area contributed by atoms with Crippen molar-refractivity contribution in [1.82, 2.24) is 0 Å². The third kappa shape index (κ3) is 53.8. The summed E-state index contributed by atoms with van der Waals surface area (Å²) in [4.78, 5) is 38.1. The van der Waals surface area contributed by atoms with Crippen molar-refractivity contribution < 1.29 is 28.6 Å². The standard InChI is InChI=1S/C63H96O6/c1-4-7-10-13-16-19-22-25-28-31-34-37-40-43-46-49-52-55-61(64)67-58-60(69-63(66)57-54-51-48-45-42-39-36-33-30-27-24-21-18-15-12-9-6-3)59-68-62(65)56-53-50-47-44-41-38-35-32-29-26-23-20-17-14-11-8-5-2/h7-12,16-21,25-30,34-39,43,46,60H,4-6,13-15,22-24,31-33,40-42,44-45,47-59H2,1-3H3/b10-7-,11-8-,12-9-,19-16-,20-17-,21-18-,28-25-,29-26-,30-27-,37-34-,38-35-,39-36-,46-43-/t60-/m1/s1. The zero-order valence-electron chi connectivity index (χ0n) is 43.8. The molecule has 0 rings (SSSR count). The van der Waals surface area contributed by atoms with Gasteiger partial charge in [-0.1, -0.05) is 204 Å². The zero-order valence-corrected chi connectivity index (χ0v) is 43.8. The molecule has 0 aliphatic rings. The van der Waals surface area contributed by atoms with Crippen molar-refractivity contribution in [3.05, 3.63) is 158 Å². The second-order valence-corrected chi connectivity index (χ2v) is 17.0. The van der Waals surface area contributed by atoms with Crippen LogP contribution < -0.4 is 0 Å². The van der Waals surface area contributed by atoms with Crippen LogP contribution in [0.15, 0.2) is 158 Å². The molecule has 0 radical (unpaired) electrons. The quantitative estimate of drug-likeness (QED) is 0.0262. The minimum atomic E-state index is -0.833. The Morgan fingerprint density at radius 1 is 0.290 bits per heavy atom. The number of allylic oxidation sites excluding steroid dienone is 26. The van der Waals surface area contributed by atoms with Crippen LogP contribution in [0.5, 0.6) is 0 Å². The van der Waals surface area contributed by atoms with E-state index in [0.29, 0.717) is 12.8 Å². The van der Waals surface area contributed by atoms with Crippen molar-refractivity contribution in [3.63, 3.8) is 0 Å². The van der Waals surface area contributed by atoms with E-state index in [0.717, 1.165) is 154 Å². The number of esters is 3. The number of carbonyl (C=O) groups excluding carboxylic acids is 3. The van der Waals surface area contributed by atoms with E-state index in [1.54, 1.807) is 0 Å². The molecule has 0 heterocycles. The number of unbranched alkanes of at least 4 members (excludes halogenated alkanes) is 9. The highest BCUT2D eigenvalue weighted by atomic mass is 16.6. The number of carbonyl (C=O) groups is 3. The molecule has 0 fully saturated rings. The van der Waals surface area contributed by atoms with Crippen molar-refractivity contribution in [2.24, 2.45) is 0 Å². The maximum Gasteiger partial charge on any atom is 0.306 e. The fourth-order valence-corrected chi connectivity index (χ4v) is 6.58.